The molecule has 0 amide bonds. The number of rotatable bonds is 6. The lowest BCUT2D eigenvalue weighted by Crippen LogP contribution is -2.49. The quantitative estimate of drug-likeness (QED) is 0.286. The van der Waals surface area contributed by atoms with E-state index in [0.29, 0.717) is 12.6 Å². The van der Waals surface area contributed by atoms with Crippen LogP contribution < -0.4 is 5.73 Å². The van der Waals surface area contributed by atoms with Gasteiger partial charge in [0, 0.05) is 18.0 Å². The van der Waals surface area contributed by atoms with Gasteiger partial charge in [-0.1, -0.05) is 19.0 Å². The molecule has 0 aromatic carbocycles. The maximum atomic E-state index is 9.14. The Morgan fingerprint density at radius 2 is 2.21 bits per heavy atom. The molecule has 112 valence electrons. The summed E-state index contributed by atoms with van der Waals surface area (Å²) in [6, 6.07) is 0.370. The SMILES string of the molecule is CC1COC(CO)CN1CCCC(C)(C)C(N)=NO. The summed E-state index contributed by atoms with van der Waals surface area (Å²) in [6.07, 6.45) is 1.75. The van der Waals surface area contributed by atoms with Gasteiger partial charge in [0.1, 0.15) is 5.84 Å². The minimum Gasteiger partial charge on any atom is -0.409 e. The van der Waals surface area contributed by atoms with Crippen molar-refractivity contribution in [1.82, 2.24) is 4.90 Å². The third-order valence-corrected chi connectivity index (χ3v) is 3.89. The van der Waals surface area contributed by atoms with E-state index >= 15 is 0 Å². The summed E-state index contributed by atoms with van der Waals surface area (Å²) in [6.45, 7) is 8.50. The van der Waals surface area contributed by atoms with E-state index in [2.05, 4.69) is 17.0 Å². The molecule has 1 heterocycles. The Hall–Kier alpha value is -0.850. The van der Waals surface area contributed by atoms with Crippen molar-refractivity contribution in [2.45, 2.75) is 45.8 Å². The number of aliphatic hydroxyl groups excluding tert-OH is 1. The molecule has 0 aliphatic carbocycles. The molecule has 0 spiro atoms. The first kappa shape index (κ1) is 16.2. The van der Waals surface area contributed by atoms with Crippen LogP contribution in [-0.2, 0) is 4.74 Å². The molecule has 1 aliphatic rings. The Balaban J connectivity index is 2.39. The fourth-order valence-electron chi connectivity index (χ4n) is 2.28. The van der Waals surface area contributed by atoms with Crippen LogP contribution in [0.25, 0.3) is 0 Å². The summed E-state index contributed by atoms with van der Waals surface area (Å²) in [5, 5.41) is 21.0. The van der Waals surface area contributed by atoms with Crippen LogP contribution in [0, 0.1) is 5.41 Å². The number of oxime groups is 1. The van der Waals surface area contributed by atoms with Crippen molar-refractivity contribution in [3.05, 3.63) is 0 Å². The van der Waals surface area contributed by atoms with Gasteiger partial charge in [-0.2, -0.15) is 0 Å². The number of ether oxygens (including phenoxy) is 1. The molecule has 2 unspecified atom stereocenters. The van der Waals surface area contributed by atoms with E-state index in [4.69, 9.17) is 20.8 Å². The van der Waals surface area contributed by atoms with Gasteiger partial charge in [-0.15, -0.1) is 0 Å². The molecule has 0 aromatic rings. The van der Waals surface area contributed by atoms with E-state index in [9.17, 15) is 0 Å². The molecule has 6 nitrogen and oxygen atoms in total. The van der Waals surface area contributed by atoms with Crippen molar-refractivity contribution >= 4 is 5.84 Å². The molecule has 19 heavy (non-hydrogen) atoms. The summed E-state index contributed by atoms with van der Waals surface area (Å²) in [5.74, 6) is 0.274. The summed E-state index contributed by atoms with van der Waals surface area (Å²) in [4.78, 5) is 2.33. The number of nitrogens with zero attached hydrogens (tertiary/aromatic N) is 2. The van der Waals surface area contributed by atoms with E-state index in [1.807, 2.05) is 13.8 Å². The van der Waals surface area contributed by atoms with Gasteiger partial charge in [-0.25, -0.2) is 0 Å². The standard InChI is InChI=1S/C13H27N3O3/c1-10-9-19-11(8-17)7-16(10)6-4-5-13(2,3)12(14)15-18/h10-11,17-18H,4-9H2,1-3H3,(H2,14,15). The summed E-state index contributed by atoms with van der Waals surface area (Å²) >= 11 is 0. The number of amidine groups is 1. The zero-order valence-electron chi connectivity index (χ0n) is 12.2. The molecule has 0 bridgehead atoms. The maximum absolute atomic E-state index is 9.14. The van der Waals surface area contributed by atoms with Gasteiger partial charge in [0.2, 0.25) is 0 Å². The molecular formula is C13H27N3O3. The van der Waals surface area contributed by atoms with Crippen molar-refractivity contribution in [2.24, 2.45) is 16.3 Å². The normalized spacial score (nSPS) is 26.6. The Kier molecular flexibility index (Phi) is 6.03. The Bertz CT molecular complexity index is 308. The predicted molar refractivity (Wildman–Crippen MR) is 74.3 cm³/mol. The van der Waals surface area contributed by atoms with Crippen LogP contribution in [0.4, 0.5) is 0 Å². The lowest BCUT2D eigenvalue weighted by atomic mass is 9.86. The zero-order chi connectivity index (χ0) is 14.5. The van der Waals surface area contributed by atoms with Crippen molar-refractivity contribution < 1.29 is 15.1 Å². The molecule has 1 saturated heterocycles. The molecule has 0 aromatic heterocycles. The third kappa shape index (κ3) is 4.63. The first-order valence-corrected chi connectivity index (χ1v) is 6.85. The van der Waals surface area contributed by atoms with Crippen LogP contribution in [0.15, 0.2) is 5.16 Å². The van der Waals surface area contributed by atoms with E-state index in [-0.39, 0.29) is 24.0 Å². The van der Waals surface area contributed by atoms with Crippen LogP contribution in [0.3, 0.4) is 0 Å². The van der Waals surface area contributed by atoms with Crippen molar-refractivity contribution in [1.29, 1.82) is 0 Å². The van der Waals surface area contributed by atoms with E-state index in [1.165, 1.54) is 0 Å². The molecule has 1 fully saturated rings. The molecular weight excluding hydrogens is 246 g/mol. The number of nitrogens with two attached hydrogens (primary N) is 1. The van der Waals surface area contributed by atoms with E-state index < -0.39 is 0 Å². The first-order chi connectivity index (χ1) is 8.90. The second-order valence-electron chi connectivity index (χ2n) is 5.95. The molecule has 0 saturated carbocycles. The molecule has 2 atom stereocenters. The van der Waals surface area contributed by atoms with Gasteiger partial charge >= 0.3 is 0 Å². The van der Waals surface area contributed by atoms with E-state index in [1.54, 1.807) is 0 Å². The second-order valence-corrected chi connectivity index (χ2v) is 5.95. The fourth-order valence-corrected chi connectivity index (χ4v) is 2.28. The Morgan fingerprint density at radius 1 is 1.53 bits per heavy atom. The topological polar surface area (TPSA) is 91.3 Å². The average molecular weight is 273 g/mol. The van der Waals surface area contributed by atoms with Crippen LogP contribution in [-0.4, -0.2) is 59.5 Å². The largest absolute Gasteiger partial charge is 0.409 e. The van der Waals surface area contributed by atoms with Gasteiger partial charge in [-0.3, -0.25) is 4.90 Å². The van der Waals surface area contributed by atoms with Crippen molar-refractivity contribution in [2.75, 3.05) is 26.3 Å². The summed E-state index contributed by atoms with van der Waals surface area (Å²) in [7, 11) is 0. The minimum absolute atomic E-state index is 0.0683. The lowest BCUT2D eigenvalue weighted by molar-refractivity contribution is -0.0782. The summed E-state index contributed by atoms with van der Waals surface area (Å²) in [5.41, 5.74) is 5.38. The Labute approximate surface area is 115 Å². The van der Waals surface area contributed by atoms with E-state index in [0.717, 1.165) is 25.9 Å². The van der Waals surface area contributed by atoms with Gasteiger partial charge in [0.25, 0.3) is 0 Å². The van der Waals surface area contributed by atoms with Crippen LogP contribution in [0.2, 0.25) is 0 Å². The second kappa shape index (κ2) is 7.07. The first-order valence-electron chi connectivity index (χ1n) is 6.85. The predicted octanol–water partition coefficient (Wildman–Crippen LogP) is 0.621. The van der Waals surface area contributed by atoms with Gasteiger partial charge in [0.15, 0.2) is 0 Å². The van der Waals surface area contributed by atoms with Gasteiger partial charge < -0.3 is 20.8 Å². The highest BCUT2D eigenvalue weighted by Crippen LogP contribution is 2.23. The average Bonchev–Trinajstić information content (AvgIpc) is 2.39. The highest BCUT2D eigenvalue weighted by molar-refractivity contribution is 5.85. The van der Waals surface area contributed by atoms with Crippen LogP contribution >= 0.6 is 0 Å². The summed E-state index contributed by atoms with van der Waals surface area (Å²) < 4.78 is 5.51. The number of morpholine rings is 1. The molecule has 1 rings (SSSR count). The van der Waals surface area contributed by atoms with Crippen molar-refractivity contribution in [3.63, 3.8) is 0 Å². The van der Waals surface area contributed by atoms with Gasteiger partial charge in [-0.05, 0) is 26.3 Å². The molecule has 6 heteroatoms. The minimum atomic E-state index is -0.291. The maximum Gasteiger partial charge on any atom is 0.144 e. The van der Waals surface area contributed by atoms with Crippen molar-refractivity contribution in [3.8, 4) is 0 Å². The van der Waals surface area contributed by atoms with Crippen LogP contribution in [0.5, 0.6) is 0 Å². The highest BCUT2D eigenvalue weighted by Gasteiger charge is 2.27. The number of hydrogen-bond acceptors (Lipinski definition) is 5. The zero-order valence-corrected chi connectivity index (χ0v) is 12.2. The third-order valence-electron chi connectivity index (χ3n) is 3.89. The molecule has 1 aliphatic heterocycles. The Morgan fingerprint density at radius 3 is 2.79 bits per heavy atom. The number of aliphatic hydroxyl groups is 1. The van der Waals surface area contributed by atoms with Gasteiger partial charge in [0.05, 0.1) is 19.3 Å². The van der Waals surface area contributed by atoms with Crippen LogP contribution in [0.1, 0.15) is 33.6 Å². The molecule has 0 radical (unpaired) electrons. The highest BCUT2D eigenvalue weighted by atomic mass is 16.5. The lowest BCUT2D eigenvalue weighted by Gasteiger charge is -2.38. The molecule has 4 N–H and O–H groups in total. The monoisotopic (exact) mass is 273 g/mol. The smallest absolute Gasteiger partial charge is 0.144 e. The fraction of sp³-hybridized carbons (Fsp3) is 0.923. The number of hydrogen-bond donors (Lipinski definition) is 3.